The SMILES string of the molecule is C=C/C=C\C(=C/C)CCNC1CCCc2c1[nH]c1ccc(Br)cc21. The number of aromatic amines is 1. The number of H-pyrrole nitrogens is 1. The predicted molar refractivity (Wildman–Crippen MR) is 107 cm³/mol. The van der Waals surface area contributed by atoms with Gasteiger partial charge >= 0.3 is 0 Å². The van der Waals surface area contributed by atoms with Crippen molar-refractivity contribution in [3.8, 4) is 0 Å². The lowest BCUT2D eigenvalue weighted by atomic mass is 9.91. The van der Waals surface area contributed by atoms with Crippen molar-refractivity contribution >= 4 is 26.8 Å². The number of aryl methyl sites for hydroxylation is 1. The molecule has 0 saturated heterocycles. The van der Waals surface area contributed by atoms with Crippen LogP contribution in [0.25, 0.3) is 10.9 Å². The Kier molecular flexibility index (Phi) is 5.75. The Balaban J connectivity index is 1.72. The first-order chi connectivity index (χ1) is 11.7. The molecule has 3 heteroatoms. The van der Waals surface area contributed by atoms with E-state index in [1.165, 1.54) is 47.0 Å². The molecule has 1 aromatic carbocycles. The summed E-state index contributed by atoms with van der Waals surface area (Å²) in [6.07, 6.45) is 12.8. The molecule has 0 bridgehead atoms. The molecule has 2 aromatic rings. The molecular weight excluding hydrogens is 360 g/mol. The lowest BCUT2D eigenvalue weighted by Gasteiger charge is -2.24. The van der Waals surface area contributed by atoms with E-state index in [0.29, 0.717) is 6.04 Å². The largest absolute Gasteiger partial charge is 0.357 e. The van der Waals surface area contributed by atoms with Crippen molar-refractivity contribution in [2.24, 2.45) is 0 Å². The molecule has 1 aliphatic rings. The molecule has 1 atom stereocenters. The normalized spacial score (nSPS) is 18.2. The number of halogens is 1. The summed E-state index contributed by atoms with van der Waals surface area (Å²) in [6.45, 7) is 6.82. The highest BCUT2D eigenvalue weighted by Crippen LogP contribution is 2.35. The zero-order valence-corrected chi connectivity index (χ0v) is 15.8. The average Bonchev–Trinajstić information content (AvgIpc) is 2.96. The van der Waals surface area contributed by atoms with E-state index in [1.54, 1.807) is 0 Å². The van der Waals surface area contributed by atoms with Crippen molar-refractivity contribution < 1.29 is 0 Å². The van der Waals surface area contributed by atoms with E-state index in [1.807, 2.05) is 12.2 Å². The van der Waals surface area contributed by atoms with Crippen LogP contribution in [0.2, 0.25) is 0 Å². The molecule has 1 unspecified atom stereocenters. The van der Waals surface area contributed by atoms with E-state index >= 15 is 0 Å². The number of hydrogen-bond acceptors (Lipinski definition) is 1. The fourth-order valence-electron chi connectivity index (χ4n) is 3.55. The fraction of sp³-hybridized carbons (Fsp3) is 0.333. The second-order valence-electron chi connectivity index (χ2n) is 6.31. The summed E-state index contributed by atoms with van der Waals surface area (Å²) in [6, 6.07) is 6.95. The van der Waals surface area contributed by atoms with E-state index in [2.05, 4.69) is 70.1 Å². The highest BCUT2D eigenvalue weighted by Gasteiger charge is 2.23. The first kappa shape index (κ1) is 17.2. The first-order valence-corrected chi connectivity index (χ1v) is 9.50. The lowest BCUT2D eigenvalue weighted by Crippen LogP contribution is -2.26. The maximum Gasteiger partial charge on any atom is 0.0476 e. The highest BCUT2D eigenvalue weighted by molar-refractivity contribution is 9.10. The van der Waals surface area contributed by atoms with Gasteiger partial charge in [0.05, 0.1) is 0 Å². The Labute approximate surface area is 152 Å². The third kappa shape index (κ3) is 3.73. The summed E-state index contributed by atoms with van der Waals surface area (Å²) >= 11 is 3.60. The summed E-state index contributed by atoms with van der Waals surface area (Å²) < 4.78 is 1.15. The maximum atomic E-state index is 3.75. The Hall–Kier alpha value is -1.58. The Morgan fingerprint density at radius 2 is 2.33 bits per heavy atom. The van der Waals surface area contributed by atoms with Crippen LogP contribution in [0.1, 0.15) is 43.5 Å². The molecular formula is C21H25BrN2. The second-order valence-corrected chi connectivity index (χ2v) is 7.23. The van der Waals surface area contributed by atoms with Crippen molar-refractivity contribution in [3.63, 3.8) is 0 Å². The standard InChI is InChI=1S/C21H25BrN2/c1-3-5-7-15(4-2)12-13-23-20-9-6-8-17-18-14-16(22)10-11-19(18)24-21(17)20/h3-5,7,10-11,14,20,23-24H,1,6,8-9,12-13H2,2H3/b7-5-,15-4+. The van der Waals surface area contributed by atoms with Gasteiger partial charge in [0.2, 0.25) is 0 Å². The number of hydrogen-bond donors (Lipinski definition) is 2. The molecule has 0 aliphatic heterocycles. The first-order valence-electron chi connectivity index (χ1n) is 8.70. The van der Waals surface area contributed by atoms with Gasteiger partial charge in [-0.25, -0.2) is 0 Å². The minimum Gasteiger partial charge on any atom is -0.357 e. The summed E-state index contributed by atoms with van der Waals surface area (Å²) in [5.74, 6) is 0. The van der Waals surface area contributed by atoms with Crippen LogP contribution in [0.4, 0.5) is 0 Å². The van der Waals surface area contributed by atoms with Gasteiger partial charge in [-0.3, -0.25) is 0 Å². The summed E-state index contributed by atoms with van der Waals surface area (Å²) in [7, 11) is 0. The van der Waals surface area contributed by atoms with Crippen molar-refractivity contribution in [1.82, 2.24) is 10.3 Å². The molecule has 0 fully saturated rings. The number of rotatable bonds is 6. The topological polar surface area (TPSA) is 27.8 Å². The Morgan fingerprint density at radius 1 is 1.46 bits per heavy atom. The fourth-order valence-corrected chi connectivity index (χ4v) is 3.91. The van der Waals surface area contributed by atoms with Crippen LogP contribution in [-0.4, -0.2) is 11.5 Å². The number of aromatic nitrogens is 1. The monoisotopic (exact) mass is 384 g/mol. The van der Waals surface area contributed by atoms with Crippen molar-refractivity contribution in [2.45, 2.75) is 38.6 Å². The zero-order valence-electron chi connectivity index (χ0n) is 14.2. The van der Waals surface area contributed by atoms with Crippen molar-refractivity contribution in [3.05, 3.63) is 70.4 Å². The zero-order chi connectivity index (χ0) is 16.9. The number of allylic oxidation sites excluding steroid dienone is 4. The summed E-state index contributed by atoms with van der Waals surface area (Å²) in [4.78, 5) is 3.65. The molecule has 0 spiro atoms. The molecule has 2 nitrogen and oxygen atoms in total. The quantitative estimate of drug-likeness (QED) is 0.589. The van der Waals surface area contributed by atoms with Gasteiger partial charge in [-0.15, -0.1) is 0 Å². The van der Waals surface area contributed by atoms with Gasteiger partial charge in [0, 0.05) is 27.1 Å². The van der Waals surface area contributed by atoms with Gasteiger partial charge in [-0.05, 0) is 62.9 Å². The van der Waals surface area contributed by atoms with Gasteiger partial charge < -0.3 is 10.3 Å². The van der Waals surface area contributed by atoms with Crippen molar-refractivity contribution in [2.75, 3.05) is 6.54 Å². The molecule has 24 heavy (non-hydrogen) atoms. The lowest BCUT2D eigenvalue weighted by molar-refractivity contribution is 0.456. The van der Waals surface area contributed by atoms with Gasteiger partial charge in [0.15, 0.2) is 0 Å². The maximum absolute atomic E-state index is 3.75. The molecule has 0 saturated carbocycles. The molecule has 0 amide bonds. The van der Waals surface area contributed by atoms with E-state index in [-0.39, 0.29) is 0 Å². The molecule has 2 N–H and O–H groups in total. The summed E-state index contributed by atoms with van der Waals surface area (Å²) in [5, 5.41) is 5.12. The molecule has 1 aliphatic carbocycles. The van der Waals surface area contributed by atoms with Crippen molar-refractivity contribution in [1.29, 1.82) is 0 Å². The Bertz CT molecular complexity index is 782. The smallest absolute Gasteiger partial charge is 0.0476 e. The van der Waals surface area contributed by atoms with E-state index in [9.17, 15) is 0 Å². The minimum atomic E-state index is 0.432. The van der Waals surface area contributed by atoms with Crippen LogP contribution >= 0.6 is 15.9 Å². The van der Waals surface area contributed by atoms with E-state index < -0.39 is 0 Å². The third-order valence-corrected chi connectivity index (χ3v) is 5.28. The van der Waals surface area contributed by atoms with Crippen LogP contribution in [0.5, 0.6) is 0 Å². The van der Waals surface area contributed by atoms with Gasteiger partial charge in [0.25, 0.3) is 0 Å². The Morgan fingerprint density at radius 3 is 3.12 bits per heavy atom. The van der Waals surface area contributed by atoms with Crippen LogP contribution in [0.15, 0.2) is 59.1 Å². The van der Waals surface area contributed by atoms with Crippen LogP contribution in [0, 0.1) is 0 Å². The van der Waals surface area contributed by atoms with Gasteiger partial charge in [0.1, 0.15) is 0 Å². The molecule has 0 radical (unpaired) electrons. The number of nitrogens with one attached hydrogen (secondary N) is 2. The molecule has 126 valence electrons. The van der Waals surface area contributed by atoms with Gasteiger partial charge in [-0.2, -0.15) is 0 Å². The van der Waals surface area contributed by atoms with E-state index in [4.69, 9.17) is 0 Å². The highest BCUT2D eigenvalue weighted by atomic mass is 79.9. The minimum absolute atomic E-state index is 0.432. The van der Waals surface area contributed by atoms with Gasteiger partial charge in [-0.1, -0.05) is 52.4 Å². The predicted octanol–water partition coefficient (Wildman–Crippen LogP) is 5.98. The molecule has 1 aromatic heterocycles. The summed E-state index contributed by atoms with van der Waals surface area (Å²) in [5.41, 5.74) is 5.48. The van der Waals surface area contributed by atoms with E-state index in [0.717, 1.165) is 17.4 Å². The van der Waals surface area contributed by atoms with Crippen LogP contribution in [0.3, 0.4) is 0 Å². The number of fused-ring (bicyclic) bond motifs is 3. The van der Waals surface area contributed by atoms with Crippen LogP contribution in [-0.2, 0) is 6.42 Å². The third-order valence-electron chi connectivity index (χ3n) is 4.79. The second kappa shape index (κ2) is 8.00. The number of benzene rings is 1. The molecule has 1 heterocycles. The molecule has 3 rings (SSSR count). The average molecular weight is 385 g/mol. The van der Waals surface area contributed by atoms with Crippen LogP contribution < -0.4 is 5.32 Å².